The van der Waals surface area contributed by atoms with Crippen molar-refractivity contribution in [2.75, 3.05) is 6.61 Å². The summed E-state index contributed by atoms with van der Waals surface area (Å²) in [4.78, 5) is 0. The van der Waals surface area contributed by atoms with Crippen LogP contribution >= 0.6 is 11.6 Å². The largest absolute Gasteiger partial charge is 0.390 e. The Kier molecular flexibility index (Phi) is 2.88. The van der Waals surface area contributed by atoms with Crippen LogP contribution < -0.4 is 0 Å². The summed E-state index contributed by atoms with van der Waals surface area (Å²) < 4.78 is 26.0. The molecule has 4 heteroatoms. The summed E-state index contributed by atoms with van der Waals surface area (Å²) >= 11 is 5.57. The topological polar surface area (TPSA) is 20.2 Å². The van der Waals surface area contributed by atoms with Crippen molar-refractivity contribution in [2.45, 2.75) is 12.8 Å². The Morgan fingerprint density at radius 2 is 2.08 bits per heavy atom. The van der Waals surface area contributed by atoms with Gasteiger partial charge in [-0.1, -0.05) is 23.2 Å². The Hall–Kier alpha value is -0.670. The van der Waals surface area contributed by atoms with Crippen molar-refractivity contribution in [3.8, 4) is 0 Å². The number of rotatable bonds is 2. The molecule has 0 heterocycles. The molecule has 0 saturated carbocycles. The van der Waals surface area contributed by atoms with Crippen LogP contribution in [0.15, 0.2) is 18.2 Å². The van der Waals surface area contributed by atoms with Crippen LogP contribution in [0.4, 0.5) is 8.78 Å². The molecule has 1 N–H and O–H groups in total. The minimum atomic E-state index is -3.26. The van der Waals surface area contributed by atoms with Crippen LogP contribution in [-0.4, -0.2) is 11.7 Å². The van der Waals surface area contributed by atoms with E-state index in [-0.39, 0.29) is 10.6 Å². The second-order valence-corrected chi connectivity index (χ2v) is 3.25. The Morgan fingerprint density at radius 1 is 1.46 bits per heavy atom. The van der Waals surface area contributed by atoms with Gasteiger partial charge in [-0.2, -0.15) is 8.78 Å². The highest BCUT2D eigenvalue weighted by Crippen LogP contribution is 2.33. The summed E-state index contributed by atoms with van der Waals surface area (Å²) in [7, 11) is 0. The fourth-order valence-corrected chi connectivity index (χ4v) is 1.26. The van der Waals surface area contributed by atoms with E-state index in [1.165, 1.54) is 12.1 Å². The van der Waals surface area contributed by atoms with Gasteiger partial charge in [-0.3, -0.25) is 0 Å². The van der Waals surface area contributed by atoms with Gasteiger partial charge in [0.2, 0.25) is 0 Å². The van der Waals surface area contributed by atoms with Gasteiger partial charge >= 0.3 is 0 Å². The first kappa shape index (κ1) is 10.4. The Balaban J connectivity index is 3.20. The number of aliphatic hydroxyl groups excluding tert-OH is 1. The molecule has 72 valence electrons. The van der Waals surface area contributed by atoms with E-state index in [0.717, 1.165) is 0 Å². The lowest BCUT2D eigenvalue weighted by Gasteiger charge is -2.15. The third-order valence-corrected chi connectivity index (χ3v) is 2.04. The molecule has 0 aliphatic heterocycles. The molecule has 0 radical (unpaired) electrons. The molecule has 0 bridgehead atoms. The highest BCUT2D eigenvalue weighted by Gasteiger charge is 2.32. The van der Waals surface area contributed by atoms with Crippen LogP contribution in [0.5, 0.6) is 0 Å². The molecule has 0 spiro atoms. The van der Waals surface area contributed by atoms with Gasteiger partial charge in [0.25, 0.3) is 5.92 Å². The van der Waals surface area contributed by atoms with Crippen LogP contribution in [0.1, 0.15) is 11.1 Å². The predicted octanol–water partition coefficient (Wildman–Crippen LogP) is 2.73. The van der Waals surface area contributed by atoms with E-state index >= 15 is 0 Å². The van der Waals surface area contributed by atoms with E-state index in [1.807, 2.05) is 0 Å². The molecule has 1 rings (SSSR count). The van der Waals surface area contributed by atoms with Crippen molar-refractivity contribution in [2.24, 2.45) is 0 Å². The minimum Gasteiger partial charge on any atom is -0.390 e. The average Bonchev–Trinajstić information content (AvgIpc) is 2.09. The number of alkyl halides is 2. The number of benzene rings is 1. The zero-order valence-corrected chi connectivity index (χ0v) is 7.78. The SMILES string of the molecule is Cc1ccc(Cl)c(C(F)(F)CO)c1. The van der Waals surface area contributed by atoms with Crippen molar-refractivity contribution in [1.29, 1.82) is 0 Å². The summed E-state index contributed by atoms with van der Waals surface area (Å²) in [5.41, 5.74) is 0.365. The Bertz CT molecular complexity index is 312. The van der Waals surface area contributed by atoms with Gasteiger partial charge < -0.3 is 5.11 Å². The molecule has 1 aromatic rings. The predicted molar refractivity (Wildman–Crippen MR) is 47.2 cm³/mol. The van der Waals surface area contributed by atoms with Gasteiger partial charge in [-0.15, -0.1) is 0 Å². The molecule has 13 heavy (non-hydrogen) atoms. The van der Waals surface area contributed by atoms with Crippen LogP contribution in [-0.2, 0) is 5.92 Å². The third-order valence-electron chi connectivity index (χ3n) is 1.71. The normalized spacial score (nSPS) is 11.8. The number of hydrogen-bond donors (Lipinski definition) is 1. The Labute approximate surface area is 80.0 Å². The fourth-order valence-electron chi connectivity index (χ4n) is 1.00. The lowest BCUT2D eigenvalue weighted by molar-refractivity contribution is -0.0555. The zero-order valence-electron chi connectivity index (χ0n) is 7.02. The first-order valence-corrected chi connectivity index (χ1v) is 4.10. The smallest absolute Gasteiger partial charge is 0.297 e. The van der Waals surface area contributed by atoms with Gasteiger partial charge in [-0.25, -0.2) is 0 Å². The summed E-state index contributed by atoms with van der Waals surface area (Å²) in [6.45, 7) is 0.462. The van der Waals surface area contributed by atoms with E-state index in [4.69, 9.17) is 16.7 Å². The monoisotopic (exact) mass is 206 g/mol. The quantitative estimate of drug-likeness (QED) is 0.789. The summed E-state index contributed by atoms with van der Waals surface area (Å²) in [5.74, 6) is -3.26. The van der Waals surface area contributed by atoms with Crippen LogP contribution in [0, 0.1) is 6.92 Å². The molecule has 0 fully saturated rings. The van der Waals surface area contributed by atoms with E-state index in [2.05, 4.69) is 0 Å². The lowest BCUT2D eigenvalue weighted by Crippen LogP contribution is -2.19. The van der Waals surface area contributed by atoms with E-state index in [9.17, 15) is 8.78 Å². The van der Waals surface area contributed by atoms with Gasteiger partial charge in [0.05, 0.1) is 0 Å². The molecule has 0 unspecified atom stereocenters. The molecule has 1 nitrogen and oxygen atoms in total. The molecule has 0 saturated heterocycles. The number of aryl methyl sites for hydroxylation is 1. The lowest BCUT2D eigenvalue weighted by atomic mass is 10.1. The standard InChI is InChI=1S/C9H9ClF2O/c1-6-2-3-8(10)7(4-6)9(11,12)5-13/h2-4,13H,5H2,1H3. The summed E-state index contributed by atoms with van der Waals surface area (Å²) in [6.07, 6.45) is 0. The second kappa shape index (κ2) is 3.60. The number of hydrogen-bond acceptors (Lipinski definition) is 1. The minimum absolute atomic E-state index is 0.0235. The fraction of sp³-hybridized carbons (Fsp3) is 0.333. The molecular formula is C9H9ClF2O. The van der Waals surface area contributed by atoms with E-state index < -0.39 is 12.5 Å². The molecule has 1 aromatic carbocycles. The summed E-state index contributed by atoms with van der Waals surface area (Å²) in [6, 6.07) is 4.31. The average molecular weight is 207 g/mol. The van der Waals surface area contributed by atoms with Crippen molar-refractivity contribution < 1.29 is 13.9 Å². The van der Waals surface area contributed by atoms with Crippen molar-refractivity contribution in [3.05, 3.63) is 34.3 Å². The van der Waals surface area contributed by atoms with Crippen LogP contribution in [0.3, 0.4) is 0 Å². The molecule has 0 aliphatic rings. The first-order chi connectivity index (χ1) is 5.97. The molecule has 0 atom stereocenters. The van der Waals surface area contributed by atoms with Gasteiger partial charge in [0.15, 0.2) is 0 Å². The van der Waals surface area contributed by atoms with Gasteiger partial charge in [0.1, 0.15) is 6.61 Å². The highest BCUT2D eigenvalue weighted by atomic mass is 35.5. The zero-order chi connectivity index (χ0) is 10.1. The number of halogens is 3. The van der Waals surface area contributed by atoms with E-state index in [1.54, 1.807) is 13.0 Å². The van der Waals surface area contributed by atoms with Crippen LogP contribution in [0.25, 0.3) is 0 Å². The van der Waals surface area contributed by atoms with Gasteiger partial charge in [-0.05, 0) is 19.1 Å². The second-order valence-electron chi connectivity index (χ2n) is 2.85. The maximum atomic E-state index is 13.0. The van der Waals surface area contributed by atoms with Crippen molar-refractivity contribution >= 4 is 11.6 Å². The van der Waals surface area contributed by atoms with E-state index in [0.29, 0.717) is 5.56 Å². The highest BCUT2D eigenvalue weighted by molar-refractivity contribution is 6.31. The first-order valence-electron chi connectivity index (χ1n) is 3.72. The molecule has 0 aromatic heterocycles. The maximum Gasteiger partial charge on any atom is 0.297 e. The maximum absolute atomic E-state index is 13.0. The Morgan fingerprint density at radius 3 is 2.62 bits per heavy atom. The van der Waals surface area contributed by atoms with Crippen LogP contribution in [0.2, 0.25) is 5.02 Å². The molecule has 0 aliphatic carbocycles. The number of aliphatic hydroxyl groups is 1. The molecule has 0 amide bonds. The third kappa shape index (κ3) is 2.17. The molecular weight excluding hydrogens is 198 g/mol. The van der Waals surface area contributed by atoms with Crippen molar-refractivity contribution in [1.82, 2.24) is 0 Å². The summed E-state index contributed by atoms with van der Waals surface area (Å²) in [5, 5.41) is 8.43. The van der Waals surface area contributed by atoms with Gasteiger partial charge in [0, 0.05) is 10.6 Å². The van der Waals surface area contributed by atoms with Crippen molar-refractivity contribution in [3.63, 3.8) is 0 Å².